The van der Waals surface area contributed by atoms with Gasteiger partial charge in [0, 0.05) is 38.9 Å². The predicted molar refractivity (Wildman–Crippen MR) is 106 cm³/mol. The van der Waals surface area contributed by atoms with Gasteiger partial charge in [-0.15, -0.1) is 0 Å². The largest absolute Gasteiger partial charge is 0.355 e. The zero-order valence-electron chi connectivity index (χ0n) is 16.2. The molecular formula is C21H30N4O2. The van der Waals surface area contributed by atoms with Crippen molar-refractivity contribution in [2.75, 3.05) is 32.7 Å². The van der Waals surface area contributed by atoms with Gasteiger partial charge in [0.2, 0.25) is 11.8 Å². The Balaban J connectivity index is 1.35. The van der Waals surface area contributed by atoms with E-state index in [4.69, 9.17) is 0 Å². The number of benzene rings is 1. The van der Waals surface area contributed by atoms with Crippen LogP contribution in [-0.4, -0.2) is 60.2 Å². The second-order valence-corrected chi connectivity index (χ2v) is 7.58. The first kappa shape index (κ1) is 19.5. The van der Waals surface area contributed by atoms with Crippen LogP contribution in [0.25, 0.3) is 0 Å². The molecule has 1 fully saturated rings. The van der Waals surface area contributed by atoms with Crippen molar-refractivity contribution >= 4 is 17.5 Å². The lowest BCUT2D eigenvalue weighted by atomic mass is 10.0. The van der Waals surface area contributed by atoms with Gasteiger partial charge < -0.3 is 10.2 Å². The molecule has 6 nitrogen and oxygen atoms in total. The minimum atomic E-state index is -0.0825. The van der Waals surface area contributed by atoms with Crippen molar-refractivity contribution in [1.29, 1.82) is 0 Å². The molecule has 27 heavy (non-hydrogen) atoms. The zero-order valence-corrected chi connectivity index (χ0v) is 16.2. The van der Waals surface area contributed by atoms with E-state index in [0.29, 0.717) is 13.1 Å². The van der Waals surface area contributed by atoms with E-state index in [0.717, 1.165) is 43.2 Å². The van der Waals surface area contributed by atoms with Crippen molar-refractivity contribution in [3.05, 3.63) is 35.9 Å². The fourth-order valence-electron chi connectivity index (χ4n) is 3.75. The monoisotopic (exact) mass is 370 g/mol. The first-order valence-electron chi connectivity index (χ1n) is 10.0. The number of nitrogens with one attached hydrogen (secondary N) is 1. The summed E-state index contributed by atoms with van der Waals surface area (Å²) in [7, 11) is 0. The summed E-state index contributed by atoms with van der Waals surface area (Å²) in [4.78, 5) is 26.7. The SMILES string of the molecule is CC1CCCN(CCNC(=O)CCC(=O)N2CCC(c3ccccc3)=N2)C1. The Morgan fingerprint density at radius 2 is 2.00 bits per heavy atom. The Bertz CT molecular complexity index is 674. The van der Waals surface area contributed by atoms with Gasteiger partial charge in [-0.25, -0.2) is 5.01 Å². The van der Waals surface area contributed by atoms with E-state index in [1.165, 1.54) is 17.9 Å². The molecule has 1 aromatic carbocycles. The number of hydrogen-bond acceptors (Lipinski definition) is 4. The number of nitrogens with zero attached hydrogens (tertiary/aromatic N) is 3. The molecule has 0 aliphatic carbocycles. The van der Waals surface area contributed by atoms with Gasteiger partial charge in [0.15, 0.2) is 0 Å². The van der Waals surface area contributed by atoms with Crippen molar-refractivity contribution in [3.8, 4) is 0 Å². The van der Waals surface area contributed by atoms with E-state index in [1.807, 2.05) is 30.3 Å². The van der Waals surface area contributed by atoms with Crippen molar-refractivity contribution < 1.29 is 9.59 Å². The van der Waals surface area contributed by atoms with Crippen molar-refractivity contribution in [1.82, 2.24) is 15.2 Å². The molecule has 1 N–H and O–H groups in total. The van der Waals surface area contributed by atoms with Gasteiger partial charge in [-0.3, -0.25) is 9.59 Å². The molecule has 0 aromatic heterocycles. The maximum absolute atomic E-state index is 12.3. The molecule has 2 aliphatic rings. The van der Waals surface area contributed by atoms with Crippen LogP contribution >= 0.6 is 0 Å². The minimum Gasteiger partial charge on any atom is -0.355 e. The second kappa shape index (κ2) is 9.65. The van der Waals surface area contributed by atoms with E-state index >= 15 is 0 Å². The zero-order chi connectivity index (χ0) is 19.1. The number of hydrazone groups is 1. The molecule has 0 spiro atoms. The Hall–Kier alpha value is -2.21. The summed E-state index contributed by atoms with van der Waals surface area (Å²) in [6, 6.07) is 9.91. The molecule has 1 saturated heterocycles. The Kier molecular flexibility index (Phi) is 6.98. The highest BCUT2D eigenvalue weighted by atomic mass is 16.2. The number of piperidine rings is 1. The highest BCUT2D eigenvalue weighted by Gasteiger charge is 2.22. The summed E-state index contributed by atoms with van der Waals surface area (Å²) in [5.74, 6) is 0.606. The molecule has 1 aromatic rings. The Labute approximate surface area is 161 Å². The van der Waals surface area contributed by atoms with Gasteiger partial charge in [-0.2, -0.15) is 5.10 Å². The van der Waals surface area contributed by atoms with Gasteiger partial charge >= 0.3 is 0 Å². The molecule has 0 bridgehead atoms. The molecule has 3 rings (SSSR count). The molecule has 2 heterocycles. The fourth-order valence-corrected chi connectivity index (χ4v) is 3.75. The highest BCUT2D eigenvalue weighted by Crippen LogP contribution is 2.15. The standard InChI is InChI=1S/C21H30N4O2/c1-17-6-5-13-24(16-17)15-12-22-20(26)9-10-21(27)25-14-11-19(23-25)18-7-3-2-4-8-18/h2-4,7-8,17H,5-6,9-16H2,1H3,(H,22,26). The number of carbonyl (C=O) groups excluding carboxylic acids is 2. The van der Waals surface area contributed by atoms with Gasteiger partial charge in [-0.05, 0) is 30.9 Å². The molecule has 0 saturated carbocycles. The fraction of sp³-hybridized carbons (Fsp3) is 0.571. The normalized spacial score (nSPS) is 20.4. The van der Waals surface area contributed by atoms with E-state index in [2.05, 4.69) is 22.2 Å². The topological polar surface area (TPSA) is 65.0 Å². The summed E-state index contributed by atoms with van der Waals surface area (Å²) in [6.45, 7) is 6.65. The van der Waals surface area contributed by atoms with E-state index in [1.54, 1.807) is 0 Å². The lowest BCUT2D eigenvalue weighted by Crippen LogP contribution is -2.40. The van der Waals surface area contributed by atoms with Crippen LogP contribution < -0.4 is 5.32 Å². The van der Waals surface area contributed by atoms with Gasteiger partial charge in [0.05, 0.1) is 12.3 Å². The number of carbonyl (C=O) groups is 2. The highest BCUT2D eigenvalue weighted by molar-refractivity contribution is 6.02. The third-order valence-corrected chi connectivity index (χ3v) is 5.25. The average molecular weight is 370 g/mol. The van der Waals surface area contributed by atoms with Crippen LogP contribution in [0.3, 0.4) is 0 Å². The summed E-state index contributed by atoms with van der Waals surface area (Å²) >= 11 is 0. The van der Waals surface area contributed by atoms with Crippen LogP contribution in [0.2, 0.25) is 0 Å². The van der Waals surface area contributed by atoms with Gasteiger partial charge in [0.1, 0.15) is 0 Å². The van der Waals surface area contributed by atoms with Crippen molar-refractivity contribution in [2.24, 2.45) is 11.0 Å². The first-order valence-corrected chi connectivity index (χ1v) is 10.0. The van der Waals surface area contributed by atoms with E-state index < -0.39 is 0 Å². The third kappa shape index (κ3) is 5.89. The van der Waals surface area contributed by atoms with Crippen molar-refractivity contribution in [3.63, 3.8) is 0 Å². The minimum absolute atomic E-state index is 0.0557. The van der Waals surface area contributed by atoms with Crippen molar-refractivity contribution in [2.45, 2.75) is 39.0 Å². The first-order chi connectivity index (χ1) is 13.1. The van der Waals surface area contributed by atoms with Gasteiger partial charge in [-0.1, -0.05) is 37.3 Å². The lowest BCUT2D eigenvalue weighted by Gasteiger charge is -2.30. The van der Waals surface area contributed by atoms with Crippen LogP contribution in [0.4, 0.5) is 0 Å². The number of rotatable bonds is 7. The molecule has 2 amide bonds. The average Bonchev–Trinajstić information content (AvgIpc) is 3.17. The summed E-state index contributed by atoms with van der Waals surface area (Å²) < 4.78 is 0. The Morgan fingerprint density at radius 3 is 2.78 bits per heavy atom. The summed E-state index contributed by atoms with van der Waals surface area (Å²) in [5.41, 5.74) is 1.99. The van der Waals surface area contributed by atoms with Crippen LogP contribution in [0, 0.1) is 5.92 Å². The summed E-state index contributed by atoms with van der Waals surface area (Å²) in [5, 5.41) is 8.87. The third-order valence-electron chi connectivity index (χ3n) is 5.25. The van der Waals surface area contributed by atoms with Crippen LogP contribution in [-0.2, 0) is 9.59 Å². The molecular weight excluding hydrogens is 340 g/mol. The predicted octanol–water partition coefficient (Wildman–Crippen LogP) is 2.25. The molecule has 2 aliphatic heterocycles. The van der Waals surface area contributed by atoms with Crippen LogP contribution in [0.5, 0.6) is 0 Å². The number of likely N-dealkylation sites (tertiary alicyclic amines) is 1. The lowest BCUT2D eigenvalue weighted by molar-refractivity contribution is -0.133. The quantitative estimate of drug-likeness (QED) is 0.801. The van der Waals surface area contributed by atoms with Crippen LogP contribution in [0.15, 0.2) is 35.4 Å². The maximum atomic E-state index is 12.3. The molecule has 0 radical (unpaired) electrons. The Morgan fingerprint density at radius 1 is 1.19 bits per heavy atom. The van der Waals surface area contributed by atoms with Gasteiger partial charge in [0.25, 0.3) is 0 Å². The molecule has 1 unspecified atom stereocenters. The summed E-state index contributed by atoms with van der Waals surface area (Å²) in [6.07, 6.45) is 3.73. The van der Waals surface area contributed by atoms with E-state index in [-0.39, 0.29) is 24.7 Å². The second-order valence-electron chi connectivity index (χ2n) is 7.58. The van der Waals surface area contributed by atoms with E-state index in [9.17, 15) is 9.59 Å². The smallest absolute Gasteiger partial charge is 0.243 e. The molecule has 1 atom stereocenters. The van der Waals surface area contributed by atoms with Crippen LogP contribution in [0.1, 0.15) is 44.6 Å². The molecule has 6 heteroatoms. The number of amides is 2. The maximum Gasteiger partial charge on any atom is 0.243 e. The molecule has 146 valence electrons. The number of hydrogen-bond donors (Lipinski definition) is 1.